The van der Waals surface area contributed by atoms with E-state index in [0.29, 0.717) is 5.52 Å². The molecule has 0 radical (unpaired) electrons. The van der Waals surface area contributed by atoms with Crippen LogP contribution in [0.2, 0.25) is 0 Å². The molecule has 1 heterocycles. The Morgan fingerprint density at radius 2 is 2.31 bits per heavy atom. The second-order valence-electron chi connectivity index (χ2n) is 2.56. The van der Waals surface area contributed by atoms with Crippen molar-refractivity contribution in [2.24, 2.45) is 0 Å². The summed E-state index contributed by atoms with van der Waals surface area (Å²) in [6.45, 7) is 0. The van der Waals surface area contributed by atoms with Gasteiger partial charge in [-0.05, 0) is 12.1 Å². The van der Waals surface area contributed by atoms with Crippen LogP contribution in [-0.4, -0.2) is 9.97 Å². The molecule has 2 rings (SSSR count). The molecule has 0 fully saturated rings. The number of aromatic amines is 1. The number of nitriles is 1. The van der Waals surface area contributed by atoms with Crippen LogP contribution in [0.3, 0.4) is 0 Å². The van der Waals surface area contributed by atoms with E-state index in [2.05, 4.69) is 9.97 Å². The van der Waals surface area contributed by atoms with E-state index in [9.17, 15) is 4.39 Å². The van der Waals surface area contributed by atoms with Gasteiger partial charge in [0.2, 0.25) is 0 Å². The van der Waals surface area contributed by atoms with Crippen LogP contribution in [0.5, 0.6) is 0 Å². The van der Waals surface area contributed by atoms with Gasteiger partial charge in [0.1, 0.15) is 11.6 Å². The molecule has 5 heteroatoms. The average molecular weight is 176 g/mol. The van der Waals surface area contributed by atoms with Gasteiger partial charge in [-0.1, -0.05) is 0 Å². The summed E-state index contributed by atoms with van der Waals surface area (Å²) in [7, 11) is 0. The maximum Gasteiger partial charge on any atom is 0.198 e. The molecule has 0 aliphatic heterocycles. The maximum absolute atomic E-state index is 13.3. The molecule has 13 heavy (non-hydrogen) atoms. The Labute approximate surface area is 72.8 Å². The van der Waals surface area contributed by atoms with Gasteiger partial charge in [0.25, 0.3) is 0 Å². The zero-order valence-electron chi connectivity index (χ0n) is 6.50. The van der Waals surface area contributed by atoms with Gasteiger partial charge in [0, 0.05) is 0 Å². The lowest BCUT2D eigenvalue weighted by Gasteiger charge is -1.92. The Hall–Kier alpha value is -2.09. The summed E-state index contributed by atoms with van der Waals surface area (Å²) in [6.07, 6.45) is 0. The van der Waals surface area contributed by atoms with Crippen molar-refractivity contribution in [3.63, 3.8) is 0 Å². The number of aromatic nitrogens is 2. The number of hydrogen-bond acceptors (Lipinski definition) is 3. The Morgan fingerprint density at radius 3 is 3.00 bits per heavy atom. The van der Waals surface area contributed by atoms with Crippen LogP contribution in [0.4, 0.5) is 10.3 Å². The number of halogens is 1. The fourth-order valence-corrected chi connectivity index (χ4v) is 1.15. The summed E-state index contributed by atoms with van der Waals surface area (Å²) in [6, 6.07) is 4.68. The normalized spacial score (nSPS) is 10.2. The van der Waals surface area contributed by atoms with E-state index in [4.69, 9.17) is 11.0 Å². The van der Waals surface area contributed by atoms with Crippen molar-refractivity contribution >= 4 is 17.0 Å². The Bertz CT molecular complexity index is 509. The van der Waals surface area contributed by atoms with Crippen LogP contribution < -0.4 is 5.73 Å². The molecular formula is C8H5FN4. The van der Waals surface area contributed by atoms with Gasteiger partial charge in [-0.25, -0.2) is 9.37 Å². The van der Waals surface area contributed by atoms with Crippen LogP contribution >= 0.6 is 0 Å². The third kappa shape index (κ3) is 0.999. The lowest BCUT2D eigenvalue weighted by Crippen LogP contribution is -1.86. The van der Waals surface area contributed by atoms with Gasteiger partial charge in [-0.3, -0.25) is 0 Å². The summed E-state index contributed by atoms with van der Waals surface area (Å²) >= 11 is 0. The molecule has 0 saturated carbocycles. The second kappa shape index (κ2) is 2.45. The fraction of sp³-hybridized carbons (Fsp3) is 0. The van der Waals surface area contributed by atoms with Gasteiger partial charge in [-0.15, -0.1) is 0 Å². The maximum atomic E-state index is 13.3. The van der Waals surface area contributed by atoms with E-state index in [1.165, 1.54) is 6.07 Å². The van der Waals surface area contributed by atoms with Gasteiger partial charge in [-0.2, -0.15) is 5.26 Å². The summed E-state index contributed by atoms with van der Waals surface area (Å²) in [4.78, 5) is 6.39. The topological polar surface area (TPSA) is 78.5 Å². The minimum atomic E-state index is -0.632. The number of nitrogens with two attached hydrogens (primary N) is 1. The third-order valence-corrected chi connectivity index (χ3v) is 1.73. The van der Waals surface area contributed by atoms with E-state index >= 15 is 0 Å². The molecule has 0 aliphatic rings. The number of nitrogen functional groups attached to an aromatic ring is 1. The molecule has 0 spiro atoms. The number of hydrogen-bond donors (Lipinski definition) is 2. The number of nitrogens with one attached hydrogen (secondary N) is 1. The van der Waals surface area contributed by atoms with Crippen molar-refractivity contribution < 1.29 is 4.39 Å². The lowest BCUT2D eigenvalue weighted by atomic mass is 10.2. The number of fused-ring (bicyclic) bond motifs is 1. The van der Waals surface area contributed by atoms with E-state index in [1.54, 1.807) is 12.1 Å². The number of rotatable bonds is 0. The number of benzene rings is 1. The van der Waals surface area contributed by atoms with Crippen molar-refractivity contribution in [2.45, 2.75) is 0 Å². The molecule has 0 bridgehead atoms. The van der Waals surface area contributed by atoms with Crippen LogP contribution in [0.1, 0.15) is 5.56 Å². The smallest absolute Gasteiger partial charge is 0.198 e. The quantitative estimate of drug-likeness (QED) is 0.632. The minimum absolute atomic E-state index is 0.0287. The minimum Gasteiger partial charge on any atom is -0.369 e. The average Bonchev–Trinajstić information content (AvgIpc) is 2.47. The molecule has 64 valence electrons. The molecular weight excluding hydrogens is 171 g/mol. The van der Waals surface area contributed by atoms with Gasteiger partial charge in [0.05, 0.1) is 11.1 Å². The predicted molar refractivity (Wildman–Crippen MR) is 45.2 cm³/mol. The van der Waals surface area contributed by atoms with E-state index in [0.717, 1.165) is 0 Å². The highest BCUT2D eigenvalue weighted by Crippen LogP contribution is 2.18. The highest BCUT2D eigenvalue weighted by molar-refractivity contribution is 5.79. The summed E-state index contributed by atoms with van der Waals surface area (Å²) in [5.41, 5.74) is 5.91. The SMILES string of the molecule is N#Cc1ccc2[nH]c(N)nc2c1F. The molecule has 0 aliphatic carbocycles. The fourth-order valence-electron chi connectivity index (χ4n) is 1.15. The monoisotopic (exact) mass is 176 g/mol. The van der Waals surface area contributed by atoms with E-state index in [1.807, 2.05) is 0 Å². The molecule has 3 N–H and O–H groups in total. The number of H-pyrrole nitrogens is 1. The molecule has 0 atom stereocenters. The largest absolute Gasteiger partial charge is 0.369 e. The van der Waals surface area contributed by atoms with Gasteiger partial charge in [0.15, 0.2) is 11.8 Å². The molecule has 1 aromatic heterocycles. The van der Waals surface area contributed by atoms with Crippen molar-refractivity contribution in [1.29, 1.82) is 5.26 Å². The first kappa shape index (κ1) is 7.55. The number of nitrogens with zero attached hydrogens (tertiary/aromatic N) is 2. The molecule has 0 unspecified atom stereocenters. The highest BCUT2D eigenvalue weighted by Gasteiger charge is 2.09. The molecule has 4 nitrogen and oxygen atoms in total. The summed E-state index contributed by atoms with van der Waals surface area (Å²) < 4.78 is 13.3. The molecule has 1 aromatic carbocycles. The lowest BCUT2D eigenvalue weighted by molar-refractivity contribution is 0.633. The zero-order valence-corrected chi connectivity index (χ0v) is 6.50. The van der Waals surface area contributed by atoms with Gasteiger partial charge < -0.3 is 10.7 Å². The summed E-state index contributed by atoms with van der Waals surface area (Å²) in [5.74, 6) is -0.489. The highest BCUT2D eigenvalue weighted by atomic mass is 19.1. The van der Waals surface area contributed by atoms with Crippen LogP contribution in [0, 0.1) is 17.1 Å². The summed E-state index contributed by atoms with van der Waals surface area (Å²) in [5, 5.41) is 8.53. The standard InChI is InChI=1S/C8H5FN4/c9-6-4(3-10)1-2-5-7(6)13-8(11)12-5/h1-2H,(H3,11,12,13). The first-order valence-corrected chi connectivity index (χ1v) is 3.56. The van der Waals surface area contributed by atoms with Crippen LogP contribution in [0.25, 0.3) is 11.0 Å². The Balaban J connectivity index is 2.87. The van der Waals surface area contributed by atoms with Crippen molar-refractivity contribution in [1.82, 2.24) is 9.97 Å². The zero-order chi connectivity index (χ0) is 9.42. The van der Waals surface area contributed by atoms with Gasteiger partial charge >= 0.3 is 0 Å². The first-order chi connectivity index (χ1) is 6.22. The second-order valence-corrected chi connectivity index (χ2v) is 2.56. The van der Waals surface area contributed by atoms with Crippen LogP contribution in [0.15, 0.2) is 12.1 Å². The number of imidazole rings is 1. The van der Waals surface area contributed by atoms with E-state index < -0.39 is 5.82 Å². The van der Waals surface area contributed by atoms with Crippen molar-refractivity contribution in [3.8, 4) is 6.07 Å². The van der Waals surface area contributed by atoms with Crippen LogP contribution in [-0.2, 0) is 0 Å². The molecule has 0 saturated heterocycles. The molecule has 2 aromatic rings. The van der Waals surface area contributed by atoms with Crippen molar-refractivity contribution in [3.05, 3.63) is 23.5 Å². The molecule has 0 amide bonds. The van der Waals surface area contributed by atoms with Crippen molar-refractivity contribution in [2.75, 3.05) is 5.73 Å². The first-order valence-electron chi connectivity index (χ1n) is 3.56. The Kier molecular flexibility index (Phi) is 1.43. The van der Waals surface area contributed by atoms with E-state index in [-0.39, 0.29) is 17.0 Å². The Morgan fingerprint density at radius 1 is 1.54 bits per heavy atom. The third-order valence-electron chi connectivity index (χ3n) is 1.73. The number of anilines is 1. The predicted octanol–water partition coefficient (Wildman–Crippen LogP) is 1.16.